The monoisotopic (exact) mass is 481 g/mol. The Hall–Kier alpha value is -3.46. The van der Waals surface area contributed by atoms with Gasteiger partial charge in [0.25, 0.3) is 17.2 Å². The first-order valence-electron chi connectivity index (χ1n) is 9.78. The number of benzene rings is 2. The number of amides is 1. The van der Waals surface area contributed by atoms with Gasteiger partial charge in [0.2, 0.25) is 0 Å². The van der Waals surface area contributed by atoms with Crippen molar-refractivity contribution < 1.29 is 9.53 Å². The summed E-state index contributed by atoms with van der Waals surface area (Å²) in [6.45, 7) is 2.77. The summed E-state index contributed by atoms with van der Waals surface area (Å²) in [7, 11) is 0. The molecule has 2 aromatic heterocycles. The van der Waals surface area contributed by atoms with Gasteiger partial charge in [-0.3, -0.25) is 14.3 Å². The number of para-hydroxylation sites is 2. The minimum Gasteiger partial charge on any atom is -0.485 e. The van der Waals surface area contributed by atoms with Crippen molar-refractivity contribution in [1.82, 2.24) is 19.2 Å². The molecule has 0 aliphatic rings. The van der Waals surface area contributed by atoms with E-state index in [4.69, 9.17) is 4.74 Å². The van der Waals surface area contributed by atoms with Crippen molar-refractivity contribution >= 4 is 33.3 Å². The molecule has 1 N–H and O–H groups in total. The van der Waals surface area contributed by atoms with E-state index < -0.39 is 0 Å². The van der Waals surface area contributed by atoms with Crippen molar-refractivity contribution in [2.75, 3.05) is 5.32 Å². The van der Waals surface area contributed by atoms with Crippen LogP contribution in [0.4, 0.5) is 5.69 Å². The quantitative estimate of drug-likeness (QED) is 0.432. The van der Waals surface area contributed by atoms with Gasteiger partial charge in [-0.05, 0) is 46.6 Å². The number of carbonyl (C=O) groups excluding carboxylic acids is 1. The van der Waals surface area contributed by atoms with E-state index in [2.05, 4.69) is 31.2 Å². The van der Waals surface area contributed by atoms with Crippen LogP contribution in [0.15, 0.2) is 70.2 Å². The smallest absolute Gasteiger partial charge is 0.274 e. The Morgan fingerprint density at radius 3 is 2.74 bits per heavy atom. The summed E-state index contributed by atoms with van der Waals surface area (Å²) in [5, 5.41) is 2.87. The number of fused-ring (bicyclic) bond motifs is 1. The van der Waals surface area contributed by atoms with Crippen molar-refractivity contribution in [3.63, 3.8) is 0 Å². The van der Waals surface area contributed by atoms with E-state index in [1.54, 1.807) is 53.5 Å². The van der Waals surface area contributed by atoms with Crippen LogP contribution >= 0.6 is 15.9 Å². The van der Waals surface area contributed by atoms with E-state index in [0.717, 1.165) is 6.42 Å². The fourth-order valence-corrected chi connectivity index (χ4v) is 3.61. The van der Waals surface area contributed by atoms with Gasteiger partial charge in [0.1, 0.15) is 18.7 Å². The Morgan fingerprint density at radius 1 is 1.16 bits per heavy atom. The first kappa shape index (κ1) is 20.8. The largest absolute Gasteiger partial charge is 0.485 e. The maximum absolute atomic E-state index is 12.6. The topological polar surface area (TPSA) is 90.5 Å². The number of nitrogens with one attached hydrogen (secondary N) is 1. The van der Waals surface area contributed by atoms with Crippen LogP contribution in [0, 0.1) is 0 Å². The molecular formula is C22H20BrN5O3. The highest BCUT2D eigenvalue weighted by Gasteiger charge is 2.13. The molecule has 8 nitrogen and oxygen atoms in total. The number of hydrogen-bond acceptors (Lipinski definition) is 5. The summed E-state index contributed by atoms with van der Waals surface area (Å²) in [6, 6.07) is 15.7. The molecule has 4 aromatic rings. The second-order valence-electron chi connectivity index (χ2n) is 6.82. The van der Waals surface area contributed by atoms with E-state index in [1.165, 1.54) is 10.6 Å². The lowest BCUT2D eigenvalue weighted by Gasteiger charge is -2.13. The molecule has 0 fully saturated rings. The normalized spacial score (nSPS) is 10.9. The molecule has 2 aromatic carbocycles. The molecular weight excluding hydrogens is 462 g/mol. The predicted molar refractivity (Wildman–Crippen MR) is 120 cm³/mol. The van der Waals surface area contributed by atoms with E-state index in [9.17, 15) is 9.59 Å². The fraction of sp³-hybridized carbons (Fsp3) is 0.182. The molecule has 0 bridgehead atoms. The Kier molecular flexibility index (Phi) is 6.13. The second-order valence-corrected chi connectivity index (χ2v) is 7.68. The number of aromatic nitrogens is 4. The van der Waals surface area contributed by atoms with E-state index in [0.29, 0.717) is 39.5 Å². The second kappa shape index (κ2) is 9.13. The molecule has 0 aliphatic carbocycles. The Labute approximate surface area is 186 Å². The van der Waals surface area contributed by atoms with Crippen LogP contribution in [0.3, 0.4) is 0 Å². The zero-order valence-corrected chi connectivity index (χ0v) is 18.4. The van der Waals surface area contributed by atoms with Gasteiger partial charge in [0.05, 0.1) is 16.9 Å². The average Bonchev–Trinajstić information content (AvgIpc) is 3.17. The van der Waals surface area contributed by atoms with Crippen LogP contribution in [0.1, 0.15) is 29.4 Å². The van der Waals surface area contributed by atoms with Crippen LogP contribution in [0.5, 0.6) is 5.75 Å². The molecule has 9 heteroatoms. The zero-order chi connectivity index (χ0) is 21.8. The van der Waals surface area contributed by atoms with Gasteiger partial charge >= 0.3 is 0 Å². The van der Waals surface area contributed by atoms with Crippen LogP contribution < -0.4 is 15.6 Å². The minimum absolute atomic E-state index is 0.0638. The van der Waals surface area contributed by atoms with Crippen LogP contribution in [0.25, 0.3) is 5.78 Å². The van der Waals surface area contributed by atoms with Crippen molar-refractivity contribution in [3.8, 4) is 5.75 Å². The molecule has 0 saturated heterocycles. The molecule has 0 saturated carbocycles. The number of halogens is 1. The molecule has 0 atom stereocenters. The maximum atomic E-state index is 12.6. The van der Waals surface area contributed by atoms with Crippen molar-refractivity contribution in [3.05, 3.63) is 87.0 Å². The minimum atomic E-state index is -0.261. The van der Waals surface area contributed by atoms with Gasteiger partial charge in [-0.2, -0.15) is 9.50 Å². The number of nitrogens with zero attached hydrogens (tertiary/aromatic N) is 4. The first-order valence-corrected chi connectivity index (χ1v) is 10.6. The fourth-order valence-electron chi connectivity index (χ4n) is 3.15. The summed E-state index contributed by atoms with van der Waals surface area (Å²) in [5.74, 6) is 0.541. The standard InChI is InChI=1S/C22H20BrN5O3/c1-2-11-27-14-24-22-25-15(12-20(29)28(22)27)13-31-19-10-6-5-9-18(19)26-21(30)16-7-3-4-8-17(16)23/h3-10,12,14H,2,11,13H2,1H3,(H,26,30). The summed E-state index contributed by atoms with van der Waals surface area (Å²) >= 11 is 3.39. The number of ether oxygens (including phenoxy) is 1. The molecule has 0 radical (unpaired) electrons. The lowest BCUT2D eigenvalue weighted by Crippen LogP contribution is -2.22. The predicted octanol–water partition coefficient (Wildman–Crippen LogP) is 3.89. The van der Waals surface area contributed by atoms with Crippen LogP contribution in [-0.4, -0.2) is 25.1 Å². The molecule has 0 aliphatic heterocycles. The SMILES string of the molecule is CCCn1cnc2nc(COc3ccccc3NC(=O)c3ccccc3Br)cc(=O)n21. The van der Waals surface area contributed by atoms with Gasteiger partial charge in [-0.25, -0.2) is 4.98 Å². The first-order chi connectivity index (χ1) is 15.1. The highest BCUT2D eigenvalue weighted by atomic mass is 79.9. The number of rotatable bonds is 7. The van der Waals surface area contributed by atoms with E-state index >= 15 is 0 Å². The molecule has 2 heterocycles. The lowest BCUT2D eigenvalue weighted by atomic mass is 10.2. The number of carbonyl (C=O) groups is 1. The van der Waals surface area contributed by atoms with Crippen molar-refractivity contribution in [2.24, 2.45) is 0 Å². The summed E-state index contributed by atoms with van der Waals surface area (Å²) in [4.78, 5) is 33.8. The molecule has 158 valence electrons. The van der Waals surface area contributed by atoms with E-state index in [1.807, 2.05) is 13.0 Å². The van der Waals surface area contributed by atoms with Gasteiger partial charge in [0, 0.05) is 17.1 Å². The molecule has 31 heavy (non-hydrogen) atoms. The van der Waals surface area contributed by atoms with Gasteiger partial charge in [-0.15, -0.1) is 0 Å². The number of anilines is 1. The molecule has 1 amide bonds. The Balaban J connectivity index is 1.53. The average molecular weight is 482 g/mol. The molecule has 4 rings (SSSR count). The Morgan fingerprint density at radius 2 is 1.94 bits per heavy atom. The maximum Gasteiger partial charge on any atom is 0.274 e. The molecule has 0 spiro atoms. The van der Waals surface area contributed by atoms with Gasteiger partial charge in [-0.1, -0.05) is 31.2 Å². The third-order valence-electron chi connectivity index (χ3n) is 4.58. The van der Waals surface area contributed by atoms with Gasteiger partial charge in [0.15, 0.2) is 0 Å². The van der Waals surface area contributed by atoms with E-state index in [-0.39, 0.29) is 18.1 Å². The third kappa shape index (κ3) is 4.51. The third-order valence-corrected chi connectivity index (χ3v) is 5.27. The summed E-state index contributed by atoms with van der Waals surface area (Å²) in [5.41, 5.74) is 1.28. The highest BCUT2D eigenvalue weighted by molar-refractivity contribution is 9.10. The van der Waals surface area contributed by atoms with Crippen LogP contribution in [0.2, 0.25) is 0 Å². The van der Waals surface area contributed by atoms with Crippen molar-refractivity contribution in [2.45, 2.75) is 26.5 Å². The highest BCUT2D eigenvalue weighted by Crippen LogP contribution is 2.26. The number of aryl methyl sites for hydroxylation is 1. The van der Waals surface area contributed by atoms with Crippen molar-refractivity contribution in [1.29, 1.82) is 0 Å². The Bertz CT molecular complexity index is 1300. The zero-order valence-electron chi connectivity index (χ0n) is 16.8. The molecule has 0 unspecified atom stereocenters. The summed E-state index contributed by atoms with van der Waals surface area (Å²) < 4.78 is 9.76. The lowest BCUT2D eigenvalue weighted by molar-refractivity contribution is 0.102. The summed E-state index contributed by atoms with van der Waals surface area (Å²) in [6.07, 6.45) is 2.48. The van der Waals surface area contributed by atoms with Crippen LogP contribution in [-0.2, 0) is 13.2 Å². The van der Waals surface area contributed by atoms with Gasteiger partial charge < -0.3 is 10.1 Å². The number of hydrogen-bond donors (Lipinski definition) is 1.